The number of amides is 3. The van der Waals surface area contributed by atoms with E-state index >= 15 is 0 Å². The smallest absolute Gasteiger partial charge is 0.275 e. The molecule has 4 nitrogen and oxygen atoms in total. The van der Waals surface area contributed by atoms with Crippen molar-refractivity contribution in [1.82, 2.24) is 0 Å². The molecule has 3 aliphatic carbocycles. The first kappa shape index (κ1) is 27.7. The van der Waals surface area contributed by atoms with E-state index in [-0.39, 0.29) is 27.5 Å². The monoisotopic (exact) mass is 533 g/mol. The van der Waals surface area contributed by atoms with E-state index in [1.165, 1.54) is 31.7 Å². The first-order chi connectivity index (χ1) is 17.5. The predicted octanol–water partition coefficient (Wildman–Crippen LogP) is 8.30. The maximum absolute atomic E-state index is 14.1. The molecular formula is C31H44F3N2O2+. The molecule has 0 spiro atoms. The van der Waals surface area contributed by atoms with E-state index in [2.05, 4.69) is 19.2 Å². The van der Waals surface area contributed by atoms with Crippen LogP contribution in [-0.4, -0.2) is 29.5 Å². The van der Waals surface area contributed by atoms with E-state index in [0.29, 0.717) is 29.2 Å². The third kappa shape index (κ3) is 4.13. The second kappa shape index (κ2) is 8.81. The fraction of sp³-hybridized carbons (Fsp3) is 0.742. The van der Waals surface area contributed by atoms with Gasteiger partial charge in [0, 0.05) is 11.8 Å². The van der Waals surface area contributed by atoms with Crippen LogP contribution in [0, 0.1) is 28.6 Å². The average molecular weight is 534 g/mol. The van der Waals surface area contributed by atoms with Crippen molar-refractivity contribution in [3.8, 4) is 0 Å². The molecule has 210 valence electrons. The highest BCUT2D eigenvalue weighted by atomic mass is 19.4. The van der Waals surface area contributed by atoms with Gasteiger partial charge in [-0.05, 0) is 84.8 Å². The molecule has 0 bridgehead atoms. The highest BCUT2D eigenvalue weighted by Crippen LogP contribution is 2.65. The first-order valence-corrected chi connectivity index (χ1v) is 14.4. The van der Waals surface area contributed by atoms with Crippen LogP contribution in [0.4, 0.5) is 23.7 Å². The van der Waals surface area contributed by atoms with E-state index in [1.807, 2.05) is 20.8 Å². The quantitative estimate of drug-likeness (QED) is 0.369. The van der Waals surface area contributed by atoms with Crippen molar-refractivity contribution in [2.45, 2.75) is 110 Å². The van der Waals surface area contributed by atoms with Crippen LogP contribution in [0.15, 0.2) is 18.2 Å². The van der Waals surface area contributed by atoms with Gasteiger partial charge in [-0.2, -0.15) is 17.7 Å². The molecule has 1 heterocycles. The molecule has 4 fully saturated rings. The maximum atomic E-state index is 14.1. The lowest BCUT2D eigenvalue weighted by atomic mass is 9.47. The summed E-state index contributed by atoms with van der Waals surface area (Å²) in [4.78, 5) is 27.7. The van der Waals surface area contributed by atoms with Crippen LogP contribution in [0.1, 0.15) is 104 Å². The van der Waals surface area contributed by atoms with E-state index in [1.54, 1.807) is 7.05 Å². The number of carbonyl (C=O) groups excluding carboxylic acids is 2. The van der Waals surface area contributed by atoms with E-state index in [9.17, 15) is 22.8 Å². The number of hydrogen-bond acceptors (Lipinski definition) is 2. The van der Waals surface area contributed by atoms with E-state index < -0.39 is 23.2 Å². The standard InChI is InChI=1S/C31H43F3N2O2/c1-28(2,3)23-11-9-19(31(32,33)34)18-24(23)35-27(38)36(6)25-12-10-20-21-8-7-15-29(21,4)16-13-22(20)30(25,5)17-14-26(36)37/h9,11,18,20-22,25H,7-8,10,12-17H2,1-6H3/p+1/t20-,21-,22-,25+,29-,30+,36?/m0/s1. The Kier molecular flexibility index (Phi) is 6.41. The van der Waals surface area contributed by atoms with Crippen molar-refractivity contribution in [3.05, 3.63) is 29.3 Å². The van der Waals surface area contributed by atoms with Gasteiger partial charge in [0.05, 0.1) is 24.7 Å². The number of alkyl halides is 3. The molecule has 1 N–H and O–H groups in total. The summed E-state index contributed by atoms with van der Waals surface area (Å²) < 4.78 is 40.4. The lowest BCUT2D eigenvalue weighted by Crippen LogP contribution is -2.72. The zero-order valence-electron chi connectivity index (χ0n) is 23.8. The second-order valence-electron chi connectivity index (χ2n) is 14.5. The highest BCUT2D eigenvalue weighted by Gasteiger charge is 2.66. The molecule has 1 unspecified atom stereocenters. The summed E-state index contributed by atoms with van der Waals surface area (Å²) in [5, 5.41) is 2.85. The van der Waals surface area contributed by atoms with Crippen LogP contribution in [0.25, 0.3) is 0 Å². The zero-order valence-corrected chi connectivity index (χ0v) is 23.8. The number of likely N-dealkylation sites (tertiary alicyclic amines) is 1. The number of anilines is 1. The Hall–Kier alpha value is -1.89. The highest BCUT2D eigenvalue weighted by molar-refractivity contribution is 5.93. The summed E-state index contributed by atoms with van der Waals surface area (Å²) in [5.74, 6) is 1.71. The van der Waals surface area contributed by atoms with Crippen molar-refractivity contribution < 1.29 is 27.2 Å². The number of nitrogens with one attached hydrogen (secondary N) is 1. The van der Waals surface area contributed by atoms with Gasteiger partial charge >= 0.3 is 18.1 Å². The maximum Gasteiger partial charge on any atom is 0.428 e. The molecule has 3 amide bonds. The van der Waals surface area contributed by atoms with Crippen LogP contribution in [0.5, 0.6) is 0 Å². The molecule has 1 aliphatic heterocycles. The van der Waals surface area contributed by atoms with Crippen molar-refractivity contribution >= 4 is 17.6 Å². The van der Waals surface area contributed by atoms with Gasteiger partial charge in [-0.3, -0.25) is 5.32 Å². The number of quaternary nitrogens is 1. The lowest BCUT2D eigenvalue weighted by molar-refractivity contribution is -0.798. The number of benzene rings is 1. The largest absolute Gasteiger partial charge is 0.428 e. The fourth-order valence-corrected chi connectivity index (χ4v) is 9.38. The van der Waals surface area contributed by atoms with Crippen LogP contribution in [0.3, 0.4) is 0 Å². The number of urea groups is 1. The average Bonchev–Trinajstić information content (AvgIpc) is 3.22. The van der Waals surface area contributed by atoms with Crippen molar-refractivity contribution in [1.29, 1.82) is 0 Å². The number of fused-ring (bicyclic) bond motifs is 5. The molecule has 4 aliphatic rings. The van der Waals surface area contributed by atoms with Crippen molar-refractivity contribution in [3.63, 3.8) is 0 Å². The summed E-state index contributed by atoms with van der Waals surface area (Å²) in [6, 6.07) is 2.87. The Morgan fingerprint density at radius 1 is 1.00 bits per heavy atom. The van der Waals surface area contributed by atoms with Gasteiger partial charge < -0.3 is 0 Å². The van der Waals surface area contributed by atoms with Gasteiger partial charge in [0.2, 0.25) is 0 Å². The summed E-state index contributed by atoms with van der Waals surface area (Å²) in [7, 11) is 1.72. The molecular weight excluding hydrogens is 489 g/mol. The fourth-order valence-electron chi connectivity index (χ4n) is 9.38. The number of rotatable bonds is 1. The molecule has 38 heavy (non-hydrogen) atoms. The zero-order chi connectivity index (χ0) is 27.9. The van der Waals surface area contributed by atoms with Crippen molar-refractivity contribution in [2.75, 3.05) is 12.4 Å². The van der Waals surface area contributed by atoms with Gasteiger partial charge in [-0.15, -0.1) is 0 Å². The number of nitrogens with zero attached hydrogens (tertiary/aromatic N) is 1. The SMILES string of the molecule is CC(C)(C)c1ccc(C(F)(F)F)cc1NC(=O)[N+]1(C)C(=O)CC[C@@]2(C)[C@H]1CC[C@H]1[C@@H]3CCC[C@@]3(C)CC[C@@H]12. The van der Waals surface area contributed by atoms with Crippen LogP contribution < -0.4 is 5.32 Å². The number of carbonyl (C=O) groups is 2. The Bertz CT molecular complexity index is 1140. The van der Waals surface area contributed by atoms with E-state index in [0.717, 1.165) is 43.7 Å². The summed E-state index contributed by atoms with van der Waals surface area (Å²) in [5.41, 5.74) is -0.246. The third-order valence-corrected chi connectivity index (χ3v) is 11.4. The summed E-state index contributed by atoms with van der Waals surface area (Å²) in [6.07, 6.45) is 4.67. The van der Waals surface area contributed by atoms with E-state index in [4.69, 9.17) is 0 Å². The summed E-state index contributed by atoms with van der Waals surface area (Å²) >= 11 is 0. The minimum atomic E-state index is -4.53. The number of hydrogen-bond donors (Lipinski definition) is 1. The minimum Gasteiger partial charge on any atom is -0.275 e. The number of imide groups is 1. The number of piperidine rings is 1. The predicted molar refractivity (Wildman–Crippen MR) is 142 cm³/mol. The molecule has 0 aromatic heterocycles. The Balaban J connectivity index is 1.49. The van der Waals surface area contributed by atoms with Gasteiger partial charge in [0.1, 0.15) is 6.04 Å². The Morgan fingerprint density at radius 2 is 1.71 bits per heavy atom. The minimum absolute atomic E-state index is 0.130. The third-order valence-electron chi connectivity index (χ3n) is 11.4. The van der Waals surface area contributed by atoms with Gasteiger partial charge in [0.25, 0.3) is 0 Å². The number of halogens is 3. The van der Waals surface area contributed by atoms with Crippen LogP contribution in [-0.2, 0) is 16.4 Å². The topological polar surface area (TPSA) is 46.2 Å². The normalized spacial score (nSPS) is 39.2. The van der Waals surface area contributed by atoms with Crippen LogP contribution in [0.2, 0.25) is 0 Å². The van der Waals surface area contributed by atoms with Gasteiger partial charge in [0.15, 0.2) is 0 Å². The molecule has 5 rings (SSSR count). The van der Waals surface area contributed by atoms with Gasteiger partial charge in [-0.25, -0.2) is 9.59 Å². The Morgan fingerprint density at radius 3 is 2.37 bits per heavy atom. The Labute approximate surface area is 225 Å². The molecule has 1 aromatic rings. The summed E-state index contributed by atoms with van der Waals surface area (Å²) in [6.45, 7) is 10.5. The van der Waals surface area contributed by atoms with Gasteiger partial charge in [-0.1, -0.05) is 47.1 Å². The molecule has 3 saturated carbocycles. The molecule has 1 saturated heterocycles. The molecule has 7 heteroatoms. The molecule has 0 radical (unpaired) electrons. The second-order valence-corrected chi connectivity index (χ2v) is 14.5. The van der Waals surface area contributed by atoms with Crippen molar-refractivity contribution in [2.24, 2.45) is 28.6 Å². The first-order valence-electron chi connectivity index (χ1n) is 14.4. The van der Waals surface area contributed by atoms with Crippen LogP contribution >= 0.6 is 0 Å². The lowest BCUT2D eigenvalue weighted by Gasteiger charge is -2.61. The molecule has 7 atom stereocenters. The molecule has 1 aromatic carbocycles.